The number of nitrogens with one attached hydrogen (secondary N) is 1. The number of nitrogens with zero attached hydrogens (tertiary/aromatic N) is 1. The average Bonchev–Trinajstić information content (AvgIpc) is 2.86. The Bertz CT molecular complexity index is 801. The van der Waals surface area contributed by atoms with E-state index in [1.807, 2.05) is 0 Å². The van der Waals surface area contributed by atoms with Gasteiger partial charge in [0, 0.05) is 29.1 Å². The average molecular weight is 312 g/mol. The van der Waals surface area contributed by atoms with E-state index in [0.29, 0.717) is 25.0 Å². The number of rotatable bonds is 0. The molecule has 2 aliphatic rings. The predicted octanol–water partition coefficient (Wildman–Crippen LogP) is 3.66. The first-order valence-electron chi connectivity index (χ1n) is 7.11. The highest BCUT2D eigenvalue weighted by Crippen LogP contribution is 2.45. The highest BCUT2D eigenvalue weighted by Gasteiger charge is 2.41. The molecule has 2 aromatic rings. The van der Waals surface area contributed by atoms with Gasteiger partial charge in [-0.2, -0.15) is 0 Å². The Morgan fingerprint density at radius 2 is 2.00 bits per heavy atom. The van der Waals surface area contributed by atoms with E-state index in [-0.39, 0.29) is 35.0 Å². The zero-order valence-electron chi connectivity index (χ0n) is 11.4. The van der Waals surface area contributed by atoms with Crippen LogP contribution in [0.2, 0.25) is 0 Å². The zero-order chi connectivity index (χ0) is 15.6. The van der Waals surface area contributed by atoms with Crippen molar-refractivity contribution in [1.29, 1.82) is 0 Å². The van der Waals surface area contributed by atoms with Gasteiger partial charge in [0.1, 0.15) is 6.17 Å². The van der Waals surface area contributed by atoms with E-state index >= 15 is 0 Å². The number of benzene rings is 1. The van der Waals surface area contributed by atoms with Crippen LogP contribution >= 0.6 is 0 Å². The molecule has 116 valence electrons. The van der Waals surface area contributed by atoms with Gasteiger partial charge in [0.15, 0.2) is 17.5 Å². The Balaban J connectivity index is 2.00. The van der Waals surface area contributed by atoms with Crippen LogP contribution in [0.15, 0.2) is 6.07 Å². The topological polar surface area (TPSA) is 36.1 Å². The summed E-state index contributed by atoms with van der Waals surface area (Å²) < 4.78 is 55.4. The first-order chi connectivity index (χ1) is 10.5. The molecule has 4 rings (SSSR count). The smallest absolute Gasteiger partial charge is 0.223 e. The number of hydrogen-bond donors (Lipinski definition) is 1. The molecule has 2 aliphatic heterocycles. The highest BCUT2D eigenvalue weighted by atomic mass is 19.2. The molecule has 1 aromatic carbocycles. The molecule has 1 aromatic heterocycles. The molecule has 1 N–H and O–H groups in total. The monoisotopic (exact) mass is 312 g/mol. The van der Waals surface area contributed by atoms with E-state index in [9.17, 15) is 22.4 Å². The fraction of sp³-hybridized carbons (Fsp3) is 0.400. The normalized spacial score (nSPS) is 24.5. The van der Waals surface area contributed by atoms with Crippen molar-refractivity contribution >= 4 is 16.8 Å². The number of alkyl halides is 1. The predicted molar refractivity (Wildman–Crippen MR) is 70.3 cm³/mol. The molecule has 0 spiro atoms. The molecule has 3 heterocycles. The standard InChI is InChI=1S/C15H12F4N2O/c16-6-4-8-12(14(19)13(6)18)11-7(17)5-21-9(15(11)20-8)2-1-3-10(21)22/h4,7,9,20H,1-3,5H2/t7-,9-/m1/s1. The summed E-state index contributed by atoms with van der Waals surface area (Å²) in [6, 6.07) is 0.439. The Hall–Kier alpha value is -2.05. The highest BCUT2D eigenvalue weighted by molar-refractivity contribution is 5.87. The SMILES string of the molecule is O=C1CCC[C@@H]2c3[nH]c4cc(F)c(F)c(F)c4c3[C@H](F)CN12. The van der Waals surface area contributed by atoms with Crippen LogP contribution in [-0.2, 0) is 4.79 Å². The van der Waals surface area contributed by atoms with Gasteiger partial charge in [0.05, 0.1) is 18.1 Å². The lowest BCUT2D eigenvalue weighted by atomic mass is 9.89. The largest absolute Gasteiger partial charge is 0.356 e. The van der Waals surface area contributed by atoms with E-state index in [1.54, 1.807) is 0 Å². The van der Waals surface area contributed by atoms with Crippen molar-refractivity contribution in [2.24, 2.45) is 0 Å². The van der Waals surface area contributed by atoms with Crippen LogP contribution in [0.4, 0.5) is 17.6 Å². The van der Waals surface area contributed by atoms with Gasteiger partial charge in [-0.25, -0.2) is 17.6 Å². The quantitative estimate of drug-likeness (QED) is 0.585. The number of carbonyl (C=O) groups is 1. The van der Waals surface area contributed by atoms with Crippen LogP contribution in [0.3, 0.4) is 0 Å². The van der Waals surface area contributed by atoms with Gasteiger partial charge in [-0.3, -0.25) is 4.79 Å². The van der Waals surface area contributed by atoms with Crippen LogP contribution < -0.4 is 0 Å². The summed E-state index contributed by atoms with van der Waals surface area (Å²) in [5.74, 6) is -4.47. The minimum absolute atomic E-state index is 0.0161. The van der Waals surface area contributed by atoms with Crippen molar-refractivity contribution < 1.29 is 22.4 Å². The lowest BCUT2D eigenvalue weighted by Crippen LogP contribution is -2.43. The third kappa shape index (κ3) is 1.65. The summed E-state index contributed by atoms with van der Waals surface area (Å²) in [7, 11) is 0. The maximum Gasteiger partial charge on any atom is 0.223 e. The van der Waals surface area contributed by atoms with Crippen molar-refractivity contribution in [2.45, 2.75) is 31.5 Å². The number of aromatic nitrogens is 1. The Morgan fingerprint density at radius 1 is 1.23 bits per heavy atom. The Labute approximate surface area is 122 Å². The van der Waals surface area contributed by atoms with E-state index < -0.39 is 23.6 Å². The second kappa shape index (κ2) is 4.47. The Kier molecular flexibility index (Phi) is 2.76. The minimum Gasteiger partial charge on any atom is -0.356 e. The molecule has 1 fully saturated rings. The second-order valence-corrected chi connectivity index (χ2v) is 5.78. The van der Waals surface area contributed by atoms with Crippen LogP contribution in [0.5, 0.6) is 0 Å². The van der Waals surface area contributed by atoms with Crippen LogP contribution in [-0.4, -0.2) is 22.3 Å². The van der Waals surface area contributed by atoms with Crippen LogP contribution in [0.25, 0.3) is 10.9 Å². The molecule has 0 saturated carbocycles. The fourth-order valence-electron chi connectivity index (χ4n) is 3.61. The molecule has 3 nitrogen and oxygen atoms in total. The Morgan fingerprint density at radius 3 is 2.77 bits per heavy atom. The van der Waals surface area contributed by atoms with E-state index in [1.165, 1.54) is 4.90 Å². The summed E-state index contributed by atoms with van der Waals surface area (Å²) in [5.41, 5.74) is 0.386. The zero-order valence-corrected chi connectivity index (χ0v) is 11.4. The third-order valence-corrected chi connectivity index (χ3v) is 4.56. The number of fused-ring (bicyclic) bond motifs is 5. The number of hydrogen-bond acceptors (Lipinski definition) is 1. The van der Waals surface area contributed by atoms with E-state index in [0.717, 1.165) is 6.07 Å². The molecular formula is C15H12F4N2O. The number of H-pyrrole nitrogens is 1. The van der Waals surface area contributed by atoms with Crippen molar-refractivity contribution in [1.82, 2.24) is 9.88 Å². The van der Waals surface area contributed by atoms with Gasteiger partial charge in [-0.15, -0.1) is 0 Å². The minimum atomic E-state index is -1.62. The maximum atomic E-state index is 14.5. The summed E-state index contributed by atoms with van der Waals surface area (Å²) in [6.07, 6.45) is -0.000453. The van der Waals surface area contributed by atoms with Crippen molar-refractivity contribution in [2.75, 3.05) is 6.54 Å². The van der Waals surface area contributed by atoms with Gasteiger partial charge in [-0.1, -0.05) is 0 Å². The molecule has 0 unspecified atom stereocenters. The molecule has 22 heavy (non-hydrogen) atoms. The molecule has 0 bridgehead atoms. The van der Waals surface area contributed by atoms with Crippen LogP contribution in [0.1, 0.15) is 42.7 Å². The third-order valence-electron chi connectivity index (χ3n) is 4.56. The fourth-order valence-corrected chi connectivity index (χ4v) is 3.61. The molecule has 2 atom stereocenters. The first-order valence-corrected chi connectivity index (χ1v) is 7.11. The number of piperidine rings is 1. The summed E-state index contributed by atoms with van der Waals surface area (Å²) in [4.78, 5) is 16.1. The number of amides is 1. The molecular weight excluding hydrogens is 300 g/mol. The number of carbonyl (C=O) groups excluding carboxylic acids is 1. The van der Waals surface area contributed by atoms with E-state index in [4.69, 9.17) is 0 Å². The molecule has 1 saturated heterocycles. The summed E-state index contributed by atoms with van der Waals surface area (Å²) in [5, 5.41) is -0.251. The van der Waals surface area contributed by atoms with Gasteiger partial charge >= 0.3 is 0 Å². The summed E-state index contributed by atoms with van der Waals surface area (Å²) >= 11 is 0. The van der Waals surface area contributed by atoms with Crippen molar-refractivity contribution in [3.63, 3.8) is 0 Å². The van der Waals surface area contributed by atoms with Gasteiger partial charge < -0.3 is 9.88 Å². The van der Waals surface area contributed by atoms with Crippen molar-refractivity contribution in [3.8, 4) is 0 Å². The maximum absolute atomic E-state index is 14.5. The molecule has 7 heteroatoms. The van der Waals surface area contributed by atoms with Crippen LogP contribution in [0, 0.1) is 17.5 Å². The molecule has 0 radical (unpaired) electrons. The number of aromatic amines is 1. The first kappa shape index (κ1) is 13.6. The lowest BCUT2D eigenvalue weighted by Gasteiger charge is -2.40. The van der Waals surface area contributed by atoms with Gasteiger partial charge in [0.2, 0.25) is 5.91 Å². The second-order valence-electron chi connectivity index (χ2n) is 5.78. The van der Waals surface area contributed by atoms with E-state index in [2.05, 4.69) is 4.98 Å². The molecule has 0 aliphatic carbocycles. The lowest BCUT2D eigenvalue weighted by molar-refractivity contribution is -0.138. The van der Waals surface area contributed by atoms with Gasteiger partial charge in [0.25, 0.3) is 0 Å². The molecule has 1 amide bonds. The summed E-state index contributed by atoms with van der Waals surface area (Å²) in [6.45, 7) is -0.179. The van der Waals surface area contributed by atoms with Gasteiger partial charge in [-0.05, 0) is 12.8 Å². The van der Waals surface area contributed by atoms with Crippen molar-refractivity contribution in [3.05, 3.63) is 34.8 Å². The number of halogens is 4.